The number of carbonyl (C=O) groups is 4. The number of ether oxygens (including phenoxy) is 2. The maximum Gasteiger partial charge on any atom is 0.338 e. The van der Waals surface area contributed by atoms with Crippen LogP contribution in [0.2, 0.25) is 0 Å². The van der Waals surface area contributed by atoms with E-state index in [-0.39, 0.29) is 30.0 Å². The zero-order valence-corrected chi connectivity index (χ0v) is 22.8. The standard InChI is InChI=1S/C29H34N2O7/c1-8-22(37-26(34)28(2,3)4)24-20-15-14-18(30-23(32)17-36-19-12-10-9-11-13-19)16-21(20)31(25(24)33)38-27(35)29(5,6)7/h9-16H,8,17H2,1-7H3,(H,30,32)/b24-22-. The van der Waals surface area contributed by atoms with Crippen LogP contribution in [0.4, 0.5) is 11.4 Å². The first-order valence-corrected chi connectivity index (χ1v) is 12.4. The van der Waals surface area contributed by atoms with E-state index in [0.717, 1.165) is 5.06 Å². The average molecular weight is 523 g/mol. The molecule has 3 rings (SSSR count). The van der Waals surface area contributed by atoms with E-state index in [1.807, 2.05) is 6.07 Å². The van der Waals surface area contributed by atoms with Crippen molar-refractivity contribution in [2.75, 3.05) is 17.0 Å². The summed E-state index contributed by atoms with van der Waals surface area (Å²) in [5.74, 6) is -1.47. The van der Waals surface area contributed by atoms with Gasteiger partial charge in [0.15, 0.2) is 6.61 Å². The van der Waals surface area contributed by atoms with Crippen LogP contribution in [0.5, 0.6) is 5.75 Å². The first-order chi connectivity index (χ1) is 17.7. The van der Waals surface area contributed by atoms with Gasteiger partial charge >= 0.3 is 11.9 Å². The maximum absolute atomic E-state index is 13.5. The van der Waals surface area contributed by atoms with Gasteiger partial charge in [0.25, 0.3) is 11.8 Å². The second-order valence-corrected chi connectivity index (χ2v) is 10.9. The molecule has 202 valence electrons. The number of amides is 2. The molecule has 2 aromatic rings. The molecule has 0 atom stereocenters. The highest BCUT2D eigenvalue weighted by Gasteiger charge is 2.41. The molecule has 2 aromatic carbocycles. The highest BCUT2D eigenvalue weighted by molar-refractivity contribution is 6.33. The largest absolute Gasteiger partial charge is 0.484 e. The van der Waals surface area contributed by atoms with E-state index in [1.54, 1.807) is 84.9 Å². The van der Waals surface area contributed by atoms with Crippen LogP contribution in [0.1, 0.15) is 60.5 Å². The van der Waals surface area contributed by atoms with E-state index in [9.17, 15) is 19.2 Å². The lowest BCUT2D eigenvalue weighted by Gasteiger charge is -2.22. The third-order valence-electron chi connectivity index (χ3n) is 5.50. The van der Waals surface area contributed by atoms with Gasteiger partial charge < -0.3 is 19.6 Å². The van der Waals surface area contributed by atoms with Crippen molar-refractivity contribution in [2.45, 2.75) is 54.9 Å². The third-order valence-corrected chi connectivity index (χ3v) is 5.50. The van der Waals surface area contributed by atoms with Gasteiger partial charge in [-0.2, -0.15) is 0 Å². The second-order valence-electron chi connectivity index (χ2n) is 10.9. The number of fused-ring (bicyclic) bond motifs is 1. The van der Waals surface area contributed by atoms with Crippen LogP contribution in [0, 0.1) is 10.8 Å². The fourth-order valence-corrected chi connectivity index (χ4v) is 3.32. The van der Waals surface area contributed by atoms with E-state index in [1.165, 1.54) is 6.07 Å². The number of hydrogen-bond acceptors (Lipinski definition) is 7. The van der Waals surface area contributed by atoms with E-state index >= 15 is 0 Å². The minimum absolute atomic E-state index is 0.118. The minimum Gasteiger partial charge on any atom is -0.484 e. The summed E-state index contributed by atoms with van der Waals surface area (Å²) >= 11 is 0. The van der Waals surface area contributed by atoms with Crippen LogP contribution < -0.4 is 15.1 Å². The molecule has 0 bridgehead atoms. The Hall–Kier alpha value is -4.14. The van der Waals surface area contributed by atoms with Gasteiger partial charge in [-0.05, 0) is 71.9 Å². The fourth-order valence-electron chi connectivity index (χ4n) is 3.32. The zero-order valence-electron chi connectivity index (χ0n) is 22.8. The molecule has 0 spiro atoms. The van der Waals surface area contributed by atoms with Crippen molar-refractivity contribution < 1.29 is 33.5 Å². The minimum atomic E-state index is -0.889. The predicted octanol–water partition coefficient (Wildman–Crippen LogP) is 5.27. The lowest BCUT2D eigenvalue weighted by molar-refractivity contribution is -0.157. The molecule has 0 fully saturated rings. The summed E-state index contributed by atoms with van der Waals surface area (Å²) in [6, 6.07) is 13.7. The van der Waals surface area contributed by atoms with Crippen LogP contribution in [-0.2, 0) is 28.8 Å². The van der Waals surface area contributed by atoms with Crippen LogP contribution >= 0.6 is 0 Å². The van der Waals surface area contributed by atoms with Crippen molar-refractivity contribution >= 4 is 40.7 Å². The van der Waals surface area contributed by atoms with Gasteiger partial charge in [-0.15, -0.1) is 5.06 Å². The molecule has 1 aliphatic heterocycles. The topological polar surface area (TPSA) is 111 Å². The van der Waals surface area contributed by atoms with Gasteiger partial charge in [0, 0.05) is 17.7 Å². The predicted molar refractivity (Wildman–Crippen MR) is 143 cm³/mol. The molecule has 0 unspecified atom stereocenters. The summed E-state index contributed by atoms with van der Waals surface area (Å²) < 4.78 is 11.1. The number of hydrogen-bond donors (Lipinski definition) is 1. The summed E-state index contributed by atoms with van der Waals surface area (Å²) in [5, 5.41) is 3.61. The number of anilines is 2. The summed E-state index contributed by atoms with van der Waals surface area (Å²) in [6.45, 7) is 11.7. The number of para-hydroxylation sites is 1. The van der Waals surface area contributed by atoms with Crippen molar-refractivity contribution in [2.24, 2.45) is 10.8 Å². The summed E-state index contributed by atoms with van der Waals surface area (Å²) in [7, 11) is 0. The normalized spacial score (nSPS) is 14.5. The molecule has 1 aliphatic rings. The third kappa shape index (κ3) is 6.59. The molecule has 2 amide bonds. The molecule has 0 saturated carbocycles. The smallest absolute Gasteiger partial charge is 0.338 e. The summed E-state index contributed by atoms with van der Waals surface area (Å²) in [6.07, 6.45) is 0.249. The maximum atomic E-state index is 13.5. The molecule has 1 N–H and O–H groups in total. The Morgan fingerprint density at radius 2 is 1.53 bits per heavy atom. The van der Waals surface area contributed by atoms with Gasteiger partial charge in [-0.1, -0.05) is 25.1 Å². The fraction of sp³-hybridized carbons (Fsp3) is 0.379. The van der Waals surface area contributed by atoms with Crippen molar-refractivity contribution in [3.63, 3.8) is 0 Å². The first-order valence-electron chi connectivity index (χ1n) is 12.4. The number of nitrogens with zero attached hydrogens (tertiary/aromatic N) is 1. The van der Waals surface area contributed by atoms with Gasteiger partial charge in [0.1, 0.15) is 11.5 Å². The van der Waals surface area contributed by atoms with Crippen molar-refractivity contribution in [1.82, 2.24) is 0 Å². The highest BCUT2D eigenvalue weighted by atomic mass is 16.7. The SMILES string of the molecule is CC/C(OC(=O)C(C)(C)C)=C1/C(=O)N(OC(=O)C(C)(C)C)c2cc(NC(=O)COc3ccccc3)ccc21. The summed E-state index contributed by atoms with van der Waals surface area (Å²) in [4.78, 5) is 56.9. The number of nitrogens with one attached hydrogen (secondary N) is 1. The molecular weight excluding hydrogens is 488 g/mol. The van der Waals surface area contributed by atoms with E-state index < -0.39 is 34.6 Å². The average Bonchev–Trinajstić information content (AvgIpc) is 3.11. The van der Waals surface area contributed by atoms with Crippen LogP contribution in [0.15, 0.2) is 54.3 Å². The van der Waals surface area contributed by atoms with E-state index in [0.29, 0.717) is 17.0 Å². The number of benzene rings is 2. The molecule has 0 radical (unpaired) electrons. The Labute approximate surface area is 222 Å². The van der Waals surface area contributed by atoms with Crippen molar-refractivity contribution in [1.29, 1.82) is 0 Å². The van der Waals surface area contributed by atoms with Gasteiger partial charge in [-0.25, -0.2) is 4.79 Å². The molecule has 0 saturated heterocycles. The molecule has 38 heavy (non-hydrogen) atoms. The molecule has 1 heterocycles. The first kappa shape index (κ1) is 28.4. The molecule has 0 aromatic heterocycles. The zero-order chi connectivity index (χ0) is 28.3. The molecule has 9 nitrogen and oxygen atoms in total. The second kappa shape index (κ2) is 11.1. The van der Waals surface area contributed by atoms with Gasteiger partial charge in [0.05, 0.1) is 22.1 Å². The Morgan fingerprint density at radius 1 is 0.895 bits per heavy atom. The summed E-state index contributed by atoms with van der Waals surface area (Å²) in [5.41, 5.74) is -0.552. The lowest BCUT2D eigenvalue weighted by atomic mass is 9.97. The molecular formula is C29H34N2O7. The molecule has 0 aliphatic carbocycles. The van der Waals surface area contributed by atoms with E-state index in [2.05, 4.69) is 5.32 Å². The van der Waals surface area contributed by atoms with Crippen LogP contribution in [-0.4, -0.2) is 30.4 Å². The van der Waals surface area contributed by atoms with Gasteiger partial charge in [-0.3, -0.25) is 14.4 Å². The lowest BCUT2D eigenvalue weighted by Crippen LogP contribution is -2.35. The number of carbonyl (C=O) groups excluding carboxylic acids is 4. The Bertz CT molecular complexity index is 1270. The monoisotopic (exact) mass is 522 g/mol. The number of esters is 1. The number of rotatable bonds is 7. The number of hydroxylamine groups is 1. The van der Waals surface area contributed by atoms with Crippen molar-refractivity contribution in [3.05, 3.63) is 59.9 Å². The van der Waals surface area contributed by atoms with Gasteiger partial charge in [0.2, 0.25) is 0 Å². The Balaban J connectivity index is 1.96. The van der Waals surface area contributed by atoms with Crippen LogP contribution in [0.3, 0.4) is 0 Å². The van der Waals surface area contributed by atoms with Crippen molar-refractivity contribution in [3.8, 4) is 5.75 Å². The highest BCUT2D eigenvalue weighted by Crippen LogP contribution is 2.42. The van der Waals surface area contributed by atoms with Crippen LogP contribution in [0.25, 0.3) is 5.57 Å². The number of allylic oxidation sites excluding steroid dienone is 1. The quantitative estimate of drug-likeness (QED) is 0.300. The Kier molecular flexibility index (Phi) is 8.29. The Morgan fingerprint density at radius 3 is 2.11 bits per heavy atom. The molecule has 9 heteroatoms. The van der Waals surface area contributed by atoms with E-state index in [4.69, 9.17) is 14.3 Å².